The summed E-state index contributed by atoms with van der Waals surface area (Å²) in [5, 5.41) is 0. The molecule has 1 heterocycles. The molecule has 2 aromatic rings. The Morgan fingerprint density at radius 3 is 2.05 bits per heavy atom. The maximum absolute atomic E-state index is 6.27. The van der Waals surface area contributed by atoms with Crippen LogP contribution in [0.4, 0.5) is 0 Å². The van der Waals surface area contributed by atoms with Gasteiger partial charge in [-0.3, -0.25) is 4.90 Å². The van der Waals surface area contributed by atoms with Crippen LogP contribution in [0.15, 0.2) is 48.5 Å². The van der Waals surface area contributed by atoms with Gasteiger partial charge in [-0.2, -0.15) is 0 Å². The lowest BCUT2D eigenvalue weighted by Gasteiger charge is -2.38. The van der Waals surface area contributed by atoms with Crippen LogP contribution in [0.5, 0.6) is 0 Å². The summed E-state index contributed by atoms with van der Waals surface area (Å²) in [6, 6.07) is 18.7. The van der Waals surface area contributed by atoms with Crippen LogP contribution < -0.4 is 5.73 Å². The third-order valence-electron chi connectivity index (χ3n) is 5.22. The Kier molecular flexibility index (Phi) is 3.73. The minimum atomic E-state index is 0.316. The molecule has 2 heteroatoms. The van der Waals surface area contributed by atoms with E-state index in [0.717, 1.165) is 32.4 Å². The maximum Gasteiger partial charge on any atom is 0.0607 e. The topological polar surface area (TPSA) is 29.3 Å². The summed E-state index contributed by atoms with van der Waals surface area (Å²) in [5.41, 5.74) is 12.2. The fourth-order valence-electron chi connectivity index (χ4n) is 4.16. The lowest BCUT2D eigenvalue weighted by Crippen LogP contribution is -2.44. The van der Waals surface area contributed by atoms with Crippen molar-refractivity contribution in [2.75, 3.05) is 13.1 Å². The molecule has 114 valence electrons. The first-order valence-corrected chi connectivity index (χ1v) is 8.48. The second-order valence-electron chi connectivity index (χ2n) is 6.70. The number of nitrogens with zero attached hydrogens (tertiary/aromatic N) is 1. The van der Waals surface area contributed by atoms with Crippen molar-refractivity contribution in [3.05, 3.63) is 70.8 Å². The molecule has 4 rings (SSSR count). The fourth-order valence-corrected chi connectivity index (χ4v) is 4.16. The Bertz CT molecular complexity index is 617. The third-order valence-corrected chi connectivity index (χ3v) is 5.22. The predicted molar refractivity (Wildman–Crippen MR) is 90.9 cm³/mol. The van der Waals surface area contributed by atoms with Gasteiger partial charge in [-0.1, -0.05) is 48.5 Å². The second-order valence-corrected chi connectivity index (χ2v) is 6.70. The average Bonchev–Trinajstić information content (AvgIpc) is 2.71. The quantitative estimate of drug-likeness (QED) is 0.874. The Hall–Kier alpha value is -1.64. The van der Waals surface area contributed by atoms with Crippen LogP contribution in [-0.4, -0.2) is 24.0 Å². The molecule has 0 unspecified atom stereocenters. The molecule has 2 N–H and O–H groups in total. The molecule has 2 aliphatic rings. The SMILES string of the molecule is N[C@@H]1CCCN(C2c3ccccc3CCc3ccccc32)C1. The molecule has 1 aliphatic heterocycles. The van der Waals surface area contributed by atoms with Crippen LogP contribution >= 0.6 is 0 Å². The Morgan fingerprint density at radius 1 is 0.864 bits per heavy atom. The predicted octanol–water partition coefficient (Wildman–Crippen LogP) is 3.30. The summed E-state index contributed by atoms with van der Waals surface area (Å²) in [6.45, 7) is 2.16. The van der Waals surface area contributed by atoms with Crippen molar-refractivity contribution < 1.29 is 0 Å². The van der Waals surface area contributed by atoms with Gasteiger partial charge in [-0.15, -0.1) is 0 Å². The normalized spacial score (nSPS) is 22.7. The van der Waals surface area contributed by atoms with Crippen molar-refractivity contribution in [3.63, 3.8) is 0 Å². The van der Waals surface area contributed by atoms with E-state index in [2.05, 4.69) is 53.4 Å². The van der Waals surface area contributed by atoms with Crippen molar-refractivity contribution in [2.45, 2.75) is 37.8 Å². The zero-order valence-corrected chi connectivity index (χ0v) is 13.0. The second kappa shape index (κ2) is 5.86. The number of hydrogen-bond acceptors (Lipinski definition) is 2. The van der Waals surface area contributed by atoms with E-state index in [1.165, 1.54) is 28.7 Å². The summed E-state index contributed by atoms with van der Waals surface area (Å²) in [4.78, 5) is 2.61. The number of benzene rings is 2. The van der Waals surface area contributed by atoms with E-state index in [1.54, 1.807) is 0 Å². The summed E-state index contributed by atoms with van der Waals surface area (Å²) in [7, 11) is 0. The highest BCUT2D eigenvalue weighted by molar-refractivity contribution is 5.44. The molecule has 1 fully saturated rings. The first-order valence-electron chi connectivity index (χ1n) is 8.48. The third kappa shape index (κ3) is 2.47. The number of aryl methyl sites for hydroxylation is 2. The van der Waals surface area contributed by atoms with Crippen LogP contribution in [0.25, 0.3) is 0 Å². The van der Waals surface area contributed by atoms with Gasteiger partial charge in [0.15, 0.2) is 0 Å². The molecule has 1 saturated heterocycles. The highest BCUT2D eigenvalue weighted by Crippen LogP contribution is 2.37. The van der Waals surface area contributed by atoms with Crippen LogP contribution in [0, 0.1) is 0 Å². The van der Waals surface area contributed by atoms with Crippen LogP contribution in [0.1, 0.15) is 41.1 Å². The lowest BCUT2D eigenvalue weighted by molar-refractivity contribution is 0.170. The van der Waals surface area contributed by atoms with E-state index in [-0.39, 0.29) is 0 Å². The van der Waals surface area contributed by atoms with E-state index in [0.29, 0.717) is 12.1 Å². The first-order chi connectivity index (χ1) is 10.8. The molecule has 2 aromatic carbocycles. The van der Waals surface area contributed by atoms with Crippen molar-refractivity contribution in [3.8, 4) is 0 Å². The van der Waals surface area contributed by atoms with E-state index in [9.17, 15) is 0 Å². The smallest absolute Gasteiger partial charge is 0.0607 e. The number of likely N-dealkylation sites (tertiary alicyclic amines) is 1. The van der Waals surface area contributed by atoms with E-state index >= 15 is 0 Å². The fraction of sp³-hybridized carbons (Fsp3) is 0.400. The average molecular weight is 292 g/mol. The molecule has 0 radical (unpaired) electrons. The number of rotatable bonds is 1. The van der Waals surface area contributed by atoms with Crippen LogP contribution in [-0.2, 0) is 12.8 Å². The molecule has 0 saturated carbocycles. The van der Waals surface area contributed by atoms with Gasteiger partial charge in [-0.05, 0) is 54.5 Å². The molecule has 2 nitrogen and oxygen atoms in total. The zero-order chi connectivity index (χ0) is 14.9. The van der Waals surface area contributed by atoms with E-state index < -0.39 is 0 Å². The molecule has 0 bridgehead atoms. The molecule has 0 spiro atoms. The zero-order valence-electron chi connectivity index (χ0n) is 13.0. The van der Waals surface area contributed by atoms with Gasteiger partial charge < -0.3 is 5.73 Å². The monoisotopic (exact) mass is 292 g/mol. The summed E-state index contributed by atoms with van der Waals surface area (Å²) in [5.74, 6) is 0. The summed E-state index contributed by atoms with van der Waals surface area (Å²) in [6.07, 6.45) is 4.65. The number of piperidine rings is 1. The standard InChI is InChI=1S/C20H24N2/c21-17-8-5-13-22(14-17)20-18-9-3-1-6-15(18)11-12-16-7-2-4-10-19(16)20/h1-4,6-7,9-10,17,20H,5,8,11-14,21H2/t17-/m1/s1. The Balaban J connectivity index is 1.83. The van der Waals surface area contributed by atoms with Gasteiger partial charge in [0, 0.05) is 12.6 Å². The lowest BCUT2D eigenvalue weighted by atomic mass is 9.91. The van der Waals surface area contributed by atoms with Crippen molar-refractivity contribution in [1.82, 2.24) is 4.90 Å². The van der Waals surface area contributed by atoms with E-state index in [1.807, 2.05) is 0 Å². The number of nitrogens with two attached hydrogens (primary N) is 1. The van der Waals surface area contributed by atoms with Gasteiger partial charge in [0.2, 0.25) is 0 Å². The van der Waals surface area contributed by atoms with Crippen molar-refractivity contribution in [2.24, 2.45) is 5.73 Å². The van der Waals surface area contributed by atoms with E-state index in [4.69, 9.17) is 5.73 Å². The molecule has 0 aromatic heterocycles. The number of fused-ring (bicyclic) bond motifs is 2. The summed E-state index contributed by atoms with van der Waals surface area (Å²) >= 11 is 0. The molecule has 1 aliphatic carbocycles. The highest BCUT2D eigenvalue weighted by atomic mass is 15.2. The molecule has 1 atom stereocenters. The minimum absolute atomic E-state index is 0.316. The maximum atomic E-state index is 6.27. The highest BCUT2D eigenvalue weighted by Gasteiger charge is 2.30. The molecular formula is C20H24N2. The molecule has 22 heavy (non-hydrogen) atoms. The number of hydrogen-bond donors (Lipinski definition) is 1. The molecular weight excluding hydrogens is 268 g/mol. The van der Waals surface area contributed by atoms with Crippen LogP contribution in [0.3, 0.4) is 0 Å². The van der Waals surface area contributed by atoms with Gasteiger partial charge in [0.1, 0.15) is 0 Å². The summed E-state index contributed by atoms with van der Waals surface area (Å²) < 4.78 is 0. The van der Waals surface area contributed by atoms with Gasteiger partial charge in [-0.25, -0.2) is 0 Å². The largest absolute Gasteiger partial charge is 0.327 e. The first kappa shape index (κ1) is 14.0. The van der Waals surface area contributed by atoms with Crippen molar-refractivity contribution >= 4 is 0 Å². The van der Waals surface area contributed by atoms with Crippen LogP contribution in [0.2, 0.25) is 0 Å². The van der Waals surface area contributed by atoms with Gasteiger partial charge in [0.05, 0.1) is 6.04 Å². The Labute approximate surface area is 132 Å². The van der Waals surface area contributed by atoms with Gasteiger partial charge in [0.25, 0.3) is 0 Å². The minimum Gasteiger partial charge on any atom is -0.327 e. The molecule has 0 amide bonds. The van der Waals surface area contributed by atoms with Crippen molar-refractivity contribution in [1.29, 1.82) is 0 Å². The Morgan fingerprint density at radius 2 is 1.45 bits per heavy atom. The van der Waals surface area contributed by atoms with Gasteiger partial charge >= 0.3 is 0 Å².